The maximum Gasteiger partial charge on any atom is 0.0702 e. The molecule has 0 unspecified atom stereocenters. The Morgan fingerprint density at radius 1 is 1.19 bits per heavy atom. The lowest BCUT2D eigenvalue weighted by atomic mass is 10.1. The van der Waals surface area contributed by atoms with E-state index < -0.39 is 0 Å². The molecule has 1 aromatic carbocycles. The van der Waals surface area contributed by atoms with Gasteiger partial charge in [0.2, 0.25) is 0 Å². The van der Waals surface area contributed by atoms with Crippen molar-refractivity contribution in [2.24, 2.45) is 0 Å². The summed E-state index contributed by atoms with van der Waals surface area (Å²) >= 11 is 6.22. The Kier molecular flexibility index (Phi) is 5.64. The van der Waals surface area contributed by atoms with Crippen LogP contribution in [0.2, 0.25) is 5.02 Å². The fraction of sp³-hybridized carbons (Fsp3) is 0.538. The molecule has 0 saturated carbocycles. The molecular weight excluding hydrogens is 222 g/mol. The van der Waals surface area contributed by atoms with E-state index in [9.17, 15) is 5.11 Å². The molecule has 0 atom stereocenters. The van der Waals surface area contributed by atoms with Crippen LogP contribution in [0.5, 0.6) is 0 Å². The van der Waals surface area contributed by atoms with Crippen LogP contribution in [0.1, 0.15) is 32.3 Å². The van der Waals surface area contributed by atoms with Crippen LogP contribution in [0.3, 0.4) is 0 Å². The van der Waals surface area contributed by atoms with E-state index in [0.717, 1.165) is 42.2 Å². The normalized spacial score (nSPS) is 10.5. The van der Waals surface area contributed by atoms with Crippen LogP contribution in [0.4, 0.5) is 5.69 Å². The van der Waals surface area contributed by atoms with Gasteiger partial charge in [0.25, 0.3) is 0 Å². The number of aliphatic hydroxyl groups is 1. The van der Waals surface area contributed by atoms with E-state index in [0.29, 0.717) is 0 Å². The van der Waals surface area contributed by atoms with Crippen molar-refractivity contribution in [1.82, 2.24) is 0 Å². The molecule has 0 fully saturated rings. The third kappa shape index (κ3) is 3.13. The van der Waals surface area contributed by atoms with Crippen molar-refractivity contribution >= 4 is 17.3 Å². The van der Waals surface area contributed by atoms with Crippen molar-refractivity contribution in [3.05, 3.63) is 28.8 Å². The molecule has 0 aromatic heterocycles. The summed E-state index contributed by atoms with van der Waals surface area (Å²) < 4.78 is 0. The molecule has 0 radical (unpaired) electrons. The molecule has 0 saturated heterocycles. The number of rotatable bonds is 6. The van der Waals surface area contributed by atoms with Crippen LogP contribution < -0.4 is 4.90 Å². The average Bonchev–Trinajstić information content (AvgIpc) is 2.28. The van der Waals surface area contributed by atoms with Crippen molar-refractivity contribution < 1.29 is 5.11 Å². The smallest absolute Gasteiger partial charge is 0.0702 e. The van der Waals surface area contributed by atoms with Crippen LogP contribution >= 0.6 is 11.6 Å². The van der Waals surface area contributed by atoms with Gasteiger partial charge < -0.3 is 10.0 Å². The quantitative estimate of drug-likeness (QED) is 0.825. The van der Waals surface area contributed by atoms with Crippen molar-refractivity contribution in [3.8, 4) is 0 Å². The lowest BCUT2D eigenvalue weighted by Gasteiger charge is -2.27. The van der Waals surface area contributed by atoms with E-state index in [-0.39, 0.29) is 6.61 Å². The summed E-state index contributed by atoms with van der Waals surface area (Å²) in [5.74, 6) is 0. The van der Waals surface area contributed by atoms with Gasteiger partial charge in [-0.05, 0) is 18.9 Å². The van der Waals surface area contributed by atoms with Gasteiger partial charge in [0.15, 0.2) is 0 Å². The highest BCUT2D eigenvalue weighted by Gasteiger charge is 2.12. The summed E-state index contributed by atoms with van der Waals surface area (Å²) in [6, 6.07) is 5.70. The zero-order valence-electron chi connectivity index (χ0n) is 10.0. The van der Waals surface area contributed by atoms with Crippen LogP contribution in [-0.4, -0.2) is 18.2 Å². The van der Waals surface area contributed by atoms with E-state index in [1.54, 1.807) is 0 Å². The third-order valence-electron chi connectivity index (χ3n) is 2.54. The number of benzene rings is 1. The second-order valence-electron chi connectivity index (χ2n) is 3.89. The van der Waals surface area contributed by atoms with Gasteiger partial charge in [0, 0.05) is 18.7 Å². The minimum atomic E-state index is 0.0415. The third-order valence-corrected chi connectivity index (χ3v) is 2.85. The standard InChI is InChI=1S/C13H20ClNO/c1-3-8-15(9-4-2)13-11(10-16)6-5-7-12(13)14/h5-7,16H,3-4,8-10H2,1-2H3. The summed E-state index contributed by atoms with van der Waals surface area (Å²) in [5, 5.41) is 10.1. The van der Waals surface area contributed by atoms with Crippen molar-refractivity contribution in [2.75, 3.05) is 18.0 Å². The first kappa shape index (κ1) is 13.3. The van der Waals surface area contributed by atoms with E-state index in [1.165, 1.54) is 0 Å². The molecular formula is C13H20ClNO. The minimum Gasteiger partial charge on any atom is -0.392 e. The number of hydrogen-bond donors (Lipinski definition) is 1. The van der Waals surface area contributed by atoms with Crippen molar-refractivity contribution in [1.29, 1.82) is 0 Å². The van der Waals surface area contributed by atoms with Gasteiger partial charge >= 0.3 is 0 Å². The van der Waals surface area contributed by atoms with Gasteiger partial charge in [-0.25, -0.2) is 0 Å². The largest absolute Gasteiger partial charge is 0.392 e. The molecule has 0 aliphatic heterocycles. The summed E-state index contributed by atoms with van der Waals surface area (Å²) in [7, 11) is 0. The number of aliphatic hydroxyl groups excluding tert-OH is 1. The van der Waals surface area contributed by atoms with Gasteiger partial charge in [0.1, 0.15) is 0 Å². The Balaban J connectivity index is 3.05. The molecule has 0 amide bonds. The number of halogens is 1. The Labute approximate surface area is 103 Å². The lowest BCUT2D eigenvalue weighted by molar-refractivity contribution is 0.282. The summed E-state index contributed by atoms with van der Waals surface area (Å²) in [5.41, 5.74) is 1.91. The molecule has 0 aliphatic carbocycles. The fourth-order valence-corrected chi connectivity index (χ4v) is 2.23. The summed E-state index contributed by atoms with van der Waals surface area (Å²) in [4.78, 5) is 2.26. The number of nitrogens with zero attached hydrogens (tertiary/aromatic N) is 1. The summed E-state index contributed by atoms with van der Waals surface area (Å²) in [6.45, 7) is 6.30. The molecule has 1 N–H and O–H groups in total. The predicted octanol–water partition coefficient (Wildman–Crippen LogP) is 3.46. The zero-order valence-corrected chi connectivity index (χ0v) is 10.8. The SMILES string of the molecule is CCCN(CCC)c1c(Cl)cccc1CO. The molecule has 0 aliphatic rings. The second kappa shape index (κ2) is 6.77. The van der Waals surface area contributed by atoms with Crippen LogP contribution in [0.15, 0.2) is 18.2 Å². The van der Waals surface area contributed by atoms with Gasteiger partial charge in [-0.2, -0.15) is 0 Å². The molecule has 3 heteroatoms. The Bertz CT molecular complexity index is 322. The van der Waals surface area contributed by atoms with E-state index in [1.807, 2.05) is 18.2 Å². The first-order valence-electron chi connectivity index (χ1n) is 5.87. The molecule has 16 heavy (non-hydrogen) atoms. The minimum absolute atomic E-state index is 0.0415. The first-order valence-corrected chi connectivity index (χ1v) is 6.25. The highest BCUT2D eigenvalue weighted by atomic mass is 35.5. The van der Waals surface area contributed by atoms with Crippen LogP contribution in [0.25, 0.3) is 0 Å². The molecule has 2 nitrogen and oxygen atoms in total. The van der Waals surface area contributed by atoms with Crippen LogP contribution in [-0.2, 0) is 6.61 Å². The molecule has 0 spiro atoms. The first-order chi connectivity index (χ1) is 7.74. The van der Waals surface area contributed by atoms with Gasteiger partial charge in [-0.3, -0.25) is 0 Å². The topological polar surface area (TPSA) is 23.5 Å². The second-order valence-corrected chi connectivity index (χ2v) is 4.30. The molecule has 90 valence electrons. The highest BCUT2D eigenvalue weighted by Crippen LogP contribution is 2.30. The predicted molar refractivity (Wildman–Crippen MR) is 70.2 cm³/mol. The van der Waals surface area contributed by atoms with Gasteiger partial charge in [-0.15, -0.1) is 0 Å². The number of anilines is 1. The highest BCUT2D eigenvalue weighted by molar-refractivity contribution is 6.33. The van der Waals surface area contributed by atoms with E-state index in [4.69, 9.17) is 11.6 Å². The van der Waals surface area contributed by atoms with Crippen LogP contribution in [0, 0.1) is 0 Å². The monoisotopic (exact) mass is 241 g/mol. The zero-order chi connectivity index (χ0) is 12.0. The summed E-state index contributed by atoms with van der Waals surface area (Å²) in [6.07, 6.45) is 2.16. The average molecular weight is 242 g/mol. The maximum absolute atomic E-state index is 9.34. The number of para-hydroxylation sites is 1. The van der Waals surface area contributed by atoms with Gasteiger partial charge in [-0.1, -0.05) is 37.6 Å². The lowest BCUT2D eigenvalue weighted by Crippen LogP contribution is -2.26. The van der Waals surface area contributed by atoms with E-state index >= 15 is 0 Å². The Morgan fingerprint density at radius 2 is 1.81 bits per heavy atom. The fourth-order valence-electron chi connectivity index (χ4n) is 1.92. The molecule has 0 bridgehead atoms. The molecule has 1 aromatic rings. The van der Waals surface area contributed by atoms with Gasteiger partial charge in [0.05, 0.1) is 17.3 Å². The Hall–Kier alpha value is -0.730. The van der Waals surface area contributed by atoms with E-state index in [2.05, 4.69) is 18.7 Å². The molecule has 1 rings (SSSR count). The van der Waals surface area contributed by atoms with Crippen molar-refractivity contribution in [2.45, 2.75) is 33.3 Å². The number of hydrogen-bond acceptors (Lipinski definition) is 2. The Morgan fingerprint density at radius 3 is 2.31 bits per heavy atom. The van der Waals surface area contributed by atoms with Crippen molar-refractivity contribution in [3.63, 3.8) is 0 Å². The maximum atomic E-state index is 9.34. The molecule has 0 heterocycles.